The number of halogens is 2. The molecule has 0 unspecified atom stereocenters. The third-order valence-electron chi connectivity index (χ3n) is 3.65. The van der Waals surface area contributed by atoms with E-state index in [4.69, 9.17) is 8.83 Å². The number of hydrogen-bond acceptors (Lipinski definition) is 3. The number of hydrogen-bond donors (Lipinski definition) is 2. The average Bonchev–Trinajstić information content (AvgIpc) is 3.25. The first-order chi connectivity index (χ1) is 12.1. The number of furan rings is 2. The molecule has 0 aliphatic rings. The van der Waals surface area contributed by atoms with Crippen LogP contribution in [-0.2, 0) is 17.9 Å². The van der Waals surface area contributed by atoms with Crippen molar-refractivity contribution in [3.8, 4) is 0 Å². The highest BCUT2D eigenvalue weighted by Gasteiger charge is 2.20. The summed E-state index contributed by atoms with van der Waals surface area (Å²) in [7, 11) is 0. The summed E-state index contributed by atoms with van der Waals surface area (Å²) in [6.07, 6.45) is 3.10. The van der Waals surface area contributed by atoms with Gasteiger partial charge in [0, 0.05) is 0 Å². The van der Waals surface area contributed by atoms with Crippen LogP contribution in [0.1, 0.15) is 11.5 Å². The molecule has 1 amide bonds. The van der Waals surface area contributed by atoms with Gasteiger partial charge in [-0.2, -0.15) is 0 Å². The predicted molar refractivity (Wildman–Crippen MR) is 85.6 cm³/mol. The van der Waals surface area contributed by atoms with E-state index in [1.165, 1.54) is 6.07 Å². The quantitative estimate of drug-likeness (QED) is 0.690. The maximum absolute atomic E-state index is 13.7. The highest BCUT2D eigenvalue weighted by Crippen LogP contribution is 2.17. The van der Waals surface area contributed by atoms with E-state index in [9.17, 15) is 13.6 Å². The summed E-state index contributed by atoms with van der Waals surface area (Å²) in [6, 6.07) is 10.5. The minimum atomic E-state index is -0.813. The van der Waals surface area contributed by atoms with Crippen LogP contribution in [0.3, 0.4) is 0 Å². The monoisotopic (exact) mass is 347 g/mol. The Balaban J connectivity index is 1.69. The first kappa shape index (κ1) is 16.9. The lowest BCUT2D eigenvalue weighted by atomic mass is 10.3. The van der Waals surface area contributed by atoms with E-state index in [-0.39, 0.29) is 6.54 Å². The zero-order valence-electron chi connectivity index (χ0n) is 13.3. The van der Waals surface area contributed by atoms with Crippen LogP contribution in [0.4, 0.5) is 14.5 Å². The van der Waals surface area contributed by atoms with Crippen LogP contribution in [0.15, 0.2) is 63.8 Å². The molecule has 130 valence electrons. The van der Waals surface area contributed by atoms with Gasteiger partial charge in [-0.25, -0.2) is 8.78 Å². The van der Waals surface area contributed by atoms with Crippen molar-refractivity contribution in [3.05, 3.63) is 78.1 Å². The lowest BCUT2D eigenvalue weighted by Crippen LogP contribution is -3.10. The fraction of sp³-hybridized carbons (Fsp3) is 0.167. The number of quaternary nitrogens is 1. The van der Waals surface area contributed by atoms with Gasteiger partial charge in [-0.15, -0.1) is 0 Å². The maximum Gasteiger partial charge on any atom is 0.279 e. The van der Waals surface area contributed by atoms with Crippen molar-refractivity contribution < 1.29 is 27.3 Å². The molecule has 0 bridgehead atoms. The van der Waals surface area contributed by atoms with Crippen LogP contribution >= 0.6 is 0 Å². The number of rotatable bonds is 7. The number of benzene rings is 1. The molecule has 2 aromatic heterocycles. The zero-order chi connectivity index (χ0) is 17.6. The molecule has 1 aromatic carbocycles. The molecule has 0 fully saturated rings. The van der Waals surface area contributed by atoms with Gasteiger partial charge in [-0.3, -0.25) is 4.79 Å². The molecule has 0 spiro atoms. The highest BCUT2D eigenvalue weighted by atomic mass is 19.1. The number of nitrogens with one attached hydrogen (secondary N) is 2. The first-order valence-corrected chi connectivity index (χ1v) is 7.74. The standard InChI is InChI=1S/C18H16F2N2O3/c19-15-6-1-7-16(20)18(15)21-17(23)12-22(10-13-4-2-8-24-13)11-14-5-3-9-25-14/h1-9H,10-12H2,(H,21,23)/p+1. The van der Waals surface area contributed by atoms with Gasteiger partial charge in [0.15, 0.2) is 18.1 Å². The number of carbonyl (C=O) groups is 1. The van der Waals surface area contributed by atoms with Gasteiger partial charge in [0.1, 0.15) is 30.4 Å². The van der Waals surface area contributed by atoms with E-state index in [1.807, 2.05) is 0 Å². The smallest absolute Gasteiger partial charge is 0.279 e. The molecular formula is C18H17F2N2O3+. The van der Waals surface area contributed by atoms with Crippen molar-refractivity contribution in [3.63, 3.8) is 0 Å². The van der Waals surface area contributed by atoms with E-state index in [1.54, 1.807) is 36.8 Å². The Bertz CT molecular complexity index is 760. The summed E-state index contributed by atoms with van der Waals surface area (Å²) in [5.41, 5.74) is -0.442. The Hall–Kier alpha value is -2.93. The summed E-state index contributed by atoms with van der Waals surface area (Å²) < 4.78 is 38.0. The van der Waals surface area contributed by atoms with Crippen molar-refractivity contribution >= 4 is 11.6 Å². The first-order valence-electron chi connectivity index (χ1n) is 7.74. The van der Waals surface area contributed by atoms with Crippen molar-refractivity contribution in [1.29, 1.82) is 0 Å². The molecule has 0 saturated carbocycles. The molecule has 3 rings (SSSR count). The van der Waals surface area contributed by atoms with Gasteiger partial charge in [0.2, 0.25) is 0 Å². The molecule has 2 heterocycles. The Morgan fingerprint density at radius 3 is 1.96 bits per heavy atom. The Morgan fingerprint density at radius 1 is 0.920 bits per heavy atom. The molecule has 3 aromatic rings. The zero-order valence-corrected chi connectivity index (χ0v) is 13.3. The molecule has 0 radical (unpaired) electrons. The Morgan fingerprint density at radius 2 is 1.48 bits per heavy atom. The van der Waals surface area contributed by atoms with Crippen LogP contribution in [0, 0.1) is 11.6 Å². The summed E-state index contributed by atoms with van der Waals surface area (Å²) >= 11 is 0. The van der Waals surface area contributed by atoms with E-state index in [2.05, 4.69) is 5.32 Å². The molecule has 25 heavy (non-hydrogen) atoms. The normalized spacial score (nSPS) is 11.0. The second-order valence-corrected chi connectivity index (χ2v) is 5.58. The number of para-hydroxylation sites is 1. The number of anilines is 1. The fourth-order valence-electron chi connectivity index (χ4n) is 2.53. The molecule has 0 saturated heterocycles. The van der Waals surface area contributed by atoms with E-state index in [0.29, 0.717) is 24.6 Å². The molecular weight excluding hydrogens is 330 g/mol. The molecule has 0 aliphatic carbocycles. The van der Waals surface area contributed by atoms with Crippen LogP contribution in [0.5, 0.6) is 0 Å². The average molecular weight is 347 g/mol. The third kappa shape index (κ3) is 4.54. The minimum absolute atomic E-state index is 0.00479. The van der Waals surface area contributed by atoms with E-state index in [0.717, 1.165) is 17.0 Å². The summed E-state index contributed by atoms with van der Waals surface area (Å²) in [5.74, 6) is -0.728. The second kappa shape index (κ2) is 7.76. The summed E-state index contributed by atoms with van der Waals surface area (Å²) in [4.78, 5) is 13.1. The van der Waals surface area contributed by atoms with Gasteiger partial charge in [-0.1, -0.05) is 6.07 Å². The SMILES string of the molecule is O=C(C[NH+](Cc1ccco1)Cc1ccco1)Nc1c(F)cccc1F. The van der Waals surface area contributed by atoms with Gasteiger partial charge >= 0.3 is 0 Å². The van der Waals surface area contributed by atoms with Gasteiger partial charge < -0.3 is 19.1 Å². The summed E-state index contributed by atoms with van der Waals surface area (Å²) in [5, 5.41) is 2.30. The van der Waals surface area contributed by atoms with Crippen molar-refractivity contribution in [2.75, 3.05) is 11.9 Å². The topological polar surface area (TPSA) is 59.8 Å². The van der Waals surface area contributed by atoms with Crippen LogP contribution in [0.2, 0.25) is 0 Å². The predicted octanol–water partition coefficient (Wildman–Crippen LogP) is 2.37. The maximum atomic E-state index is 13.7. The lowest BCUT2D eigenvalue weighted by molar-refractivity contribution is -0.921. The molecule has 0 atom stereocenters. The van der Waals surface area contributed by atoms with Crippen molar-refractivity contribution in [2.24, 2.45) is 0 Å². The molecule has 0 aliphatic heterocycles. The van der Waals surface area contributed by atoms with Crippen LogP contribution in [-0.4, -0.2) is 12.5 Å². The third-order valence-corrected chi connectivity index (χ3v) is 3.65. The minimum Gasteiger partial charge on any atom is -0.463 e. The molecule has 7 heteroatoms. The molecule has 2 N–H and O–H groups in total. The summed E-state index contributed by atoms with van der Waals surface area (Å²) in [6.45, 7) is 0.858. The number of amides is 1. The fourth-order valence-corrected chi connectivity index (χ4v) is 2.53. The largest absolute Gasteiger partial charge is 0.463 e. The Kier molecular flexibility index (Phi) is 5.25. The van der Waals surface area contributed by atoms with Crippen molar-refractivity contribution in [1.82, 2.24) is 0 Å². The van der Waals surface area contributed by atoms with Gasteiger partial charge in [0.05, 0.1) is 12.5 Å². The van der Waals surface area contributed by atoms with Gasteiger partial charge in [0.25, 0.3) is 5.91 Å². The number of carbonyl (C=O) groups excluding carboxylic acids is 1. The van der Waals surface area contributed by atoms with Crippen LogP contribution in [0.25, 0.3) is 0 Å². The van der Waals surface area contributed by atoms with Crippen molar-refractivity contribution in [2.45, 2.75) is 13.1 Å². The second-order valence-electron chi connectivity index (χ2n) is 5.58. The highest BCUT2D eigenvalue weighted by molar-refractivity contribution is 5.91. The van der Waals surface area contributed by atoms with Crippen LogP contribution < -0.4 is 10.2 Å². The van der Waals surface area contributed by atoms with E-state index < -0.39 is 23.2 Å². The lowest BCUT2D eigenvalue weighted by Gasteiger charge is -2.17. The van der Waals surface area contributed by atoms with E-state index >= 15 is 0 Å². The molecule has 5 nitrogen and oxygen atoms in total. The Labute approximate surface area is 142 Å². The van der Waals surface area contributed by atoms with Gasteiger partial charge in [-0.05, 0) is 36.4 Å².